The second-order valence-corrected chi connectivity index (χ2v) is 9.44. The fourth-order valence-electron chi connectivity index (χ4n) is 4.37. The van der Waals surface area contributed by atoms with Gasteiger partial charge in [0.2, 0.25) is 5.88 Å². The summed E-state index contributed by atoms with van der Waals surface area (Å²) in [6, 6.07) is 19.5. The molecular weight excluding hydrogens is 468 g/mol. The minimum atomic E-state index is -0.439. The first-order valence-electron chi connectivity index (χ1n) is 12.2. The summed E-state index contributed by atoms with van der Waals surface area (Å²) in [7, 11) is 1.73. The van der Waals surface area contributed by atoms with E-state index in [1.807, 2.05) is 25.1 Å². The monoisotopic (exact) mass is 498 g/mol. The van der Waals surface area contributed by atoms with Crippen molar-refractivity contribution in [3.05, 3.63) is 83.6 Å². The molecule has 0 radical (unpaired) electrons. The van der Waals surface area contributed by atoms with Crippen LogP contribution in [0.1, 0.15) is 40.1 Å². The molecule has 37 heavy (non-hydrogen) atoms. The number of likely N-dealkylation sites (N-methyl/N-ethyl adjacent to an activating group) is 1. The quantitative estimate of drug-likeness (QED) is 0.556. The summed E-state index contributed by atoms with van der Waals surface area (Å²) in [4.78, 5) is 34.4. The Morgan fingerprint density at radius 3 is 2.57 bits per heavy atom. The Hall–Kier alpha value is -4.22. The van der Waals surface area contributed by atoms with Crippen LogP contribution < -0.4 is 4.74 Å². The maximum absolute atomic E-state index is 13.6. The topological polar surface area (TPSA) is 107 Å². The molecule has 8 heteroatoms. The molecule has 0 saturated heterocycles. The van der Waals surface area contributed by atoms with Gasteiger partial charge in [-0.3, -0.25) is 9.59 Å². The van der Waals surface area contributed by atoms with Gasteiger partial charge in [-0.05, 0) is 42.8 Å². The molecule has 0 bridgehead atoms. The van der Waals surface area contributed by atoms with E-state index in [4.69, 9.17) is 10.00 Å². The fraction of sp³-hybridized carbons (Fsp3) is 0.310. The van der Waals surface area contributed by atoms with E-state index in [1.54, 1.807) is 72.4 Å². The van der Waals surface area contributed by atoms with Gasteiger partial charge in [0.1, 0.15) is 11.7 Å². The van der Waals surface area contributed by atoms with Crippen LogP contribution >= 0.6 is 0 Å². The summed E-state index contributed by atoms with van der Waals surface area (Å²) in [5.74, 6) is -0.357. The van der Waals surface area contributed by atoms with Gasteiger partial charge < -0.3 is 19.6 Å². The maximum Gasteiger partial charge on any atom is 0.259 e. The lowest BCUT2D eigenvalue weighted by atomic mass is 9.98. The molecule has 4 rings (SSSR count). The molecule has 1 aliphatic rings. The summed E-state index contributed by atoms with van der Waals surface area (Å²) in [5.41, 5.74) is 2.93. The number of aromatic nitrogens is 1. The van der Waals surface area contributed by atoms with Crippen molar-refractivity contribution in [3.63, 3.8) is 0 Å². The van der Waals surface area contributed by atoms with E-state index >= 15 is 0 Å². The Kier molecular flexibility index (Phi) is 7.85. The fourth-order valence-corrected chi connectivity index (χ4v) is 4.37. The Morgan fingerprint density at radius 2 is 1.92 bits per heavy atom. The van der Waals surface area contributed by atoms with Crippen LogP contribution in [-0.2, 0) is 0 Å². The normalized spacial score (nSPS) is 18.0. The molecule has 0 saturated carbocycles. The van der Waals surface area contributed by atoms with Crippen molar-refractivity contribution < 1.29 is 19.4 Å². The van der Waals surface area contributed by atoms with Crippen molar-refractivity contribution in [1.29, 1.82) is 5.26 Å². The number of aliphatic hydroxyl groups is 1. The number of amides is 2. The molecule has 8 nitrogen and oxygen atoms in total. The third-order valence-electron chi connectivity index (χ3n) is 6.69. The van der Waals surface area contributed by atoms with Crippen molar-refractivity contribution in [3.8, 4) is 23.1 Å². The van der Waals surface area contributed by atoms with Crippen LogP contribution in [0.25, 0.3) is 11.1 Å². The molecule has 1 aromatic heterocycles. The van der Waals surface area contributed by atoms with Gasteiger partial charge in [0.05, 0.1) is 30.8 Å². The Labute approximate surface area is 216 Å². The van der Waals surface area contributed by atoms with E-state index in [-0.39, 0.29) is 35.8 Å². The van der Waals surface area contributed by atoms with Crippen LogP contribution in [0.3, 0.4) is 0 Å². The third kappa shape index (κ3) is 5.63. The zero-order valence-electron chi connectivity index (χ0n) is 21.2. The van der Waals surface area contributed by atoms with Crippen molar-refractivity contribution in [1.82, 2.24) is 14.8 Å². The number of ether oxygens (including phenoxy) is 1. The lowest BCUT2D eigenvalue weighted by Gasteiger charge is -2.37. The predicted molar refractivity (Wildman–Crippen MR) is 139 cm³/mol. The molecule has 0 unspecified atom stereocenters. The average Bonchev–Trinajstić information content (AvgIpc) is 2.94. The van der Waals surface area contributed by atoms with Gasteiger partial charge >= 0.3 is 0 Å². The first-order valence-corrected chi connectivity index (χ1v) is 12.2. The Morgan fingerprint density at radius 1 is 1.22 bits per heavy atom. The molecule has 1 aliphatic heterocycles. The molecule has 0 fully saturated rings. The zero-order valence-corrected chi connectivity index (χ0v) is 21.2. The number of pyridine rings is 1. The van der Waals surface area contributed by atoms with Crippen molar-refractivity contribution in [2.45, 2.75) is 26.0 Å². The van der Waals surface area contributed by atoms with Crippen LogP contribution in [0, 0.1) is 17.2 Å². The van der Waals surface area contributed by atoms with Gasteiger partial charge in [0.15, 0.2) is 0 Å². The number of carbonyl (C=O) groups is 2. The minimum Gasteiger partial charge on any atom is -0.472 e. The van der Waals surface area contributed by atoms with E-state index in [2.05, 4.69) is 11.1 Å². The standard InChI is InChI=1S/C29H30N4O4/c1-19-16-33(20(2)18-34)29(36)25-13-24(22-11-9-21(14-30)10-12-22)15-31-27(25)37-26(19)17-32(3)28(35)23-7-5-4-6-8-23/h4-13,15,19-20,26,34H,16-18H2,1-3H3/t19-,20+,26+/m1/s1. The molecule has 2 heterocycles. The first-order chi connectivity index (χ1) is 17.8. The minimum absolute atomic E-state index is 0.125. The van der Waals surface area contributed by atoms with Gasteiger partial charge in [0.25, 0.3) is 11.8 Å². The van der Waals surface area contributed by atoms with Crippen molar-refractivity contribution >= 4 is 11.8 Å². The number of hydrogen-bond acceptors (Lipinski definition) is 6. The molecule has 2 aromatic carbocycles. The highest BCUT2D eigenvalue weighted by Gasteiger charge is 2.35. The van der Waals surface area contributed by atoms with E-state index in [9.17, 15) is 14.7 Å². The van der Waals surface area contributed by atoms with Gasteiger partial charge in [-0.25, -0.2) is 4.98 Å². The van der Waals surface area contributed by atoms with Crippen LogP contribution in [0.2, 0.25) is 0 Å². The second-order valence-electron chi connectivity index (χ2n) is 9.44. The number of fused-ring (bicyclic) bond motifs is 1. The first kappa shape index (κ1) is 25.9. The summed E-state index contributed by atoms with van der Waals surface area (Å²) in [5, 5.41) is 19.0. The molecule has 1 N–H and O–H groups in total. The number of nitriles is 1. The van der Waals surface area contributed by atoms with Gasteiger partial charge in [-0.2, -0.15) is 5.26 Å². The predicted octanol–water partition coefficient (Wildman–Crippen LogP) is 3.61. The molecule has 0 aliphatic carbocycles. The summed E-state index contributed by atoms with van der Waals surface area (Å²) >= 11 is 0. The third-order valence-corrected chi connectivity index (χ3v) is 6.69. The van der Waals surface area contributed by atoms with Gasteiger partial charge in [-0.1, -0.05) is 37.3 Å². The number of aliphatic hydroxyl groups excluding tert-OH is 1. The van der Waals surface area contributed by atoms with Gasteiger partial charge in [-0.15, -0.1) is 0 Å². The Balaban J connectivity index is 1.68. The highest BCUT2D eigenvalue weighted by atomic mass is 16.5. The van der Waals surface area contributed by atoms with Crippen molar-refractivity contribution in [2.24, 2.45) is 5.92 Å². The maximum atomic E-state index is 13.6. The van der Waals surface area contributed by atoms with E-state index in [0.29, 0.717) is 29.8 Å². The molecular formula is C29H30N4O4. The molecule has 0 spiro atoms. The van der Waals surface area contributed by atoms with Crippen LogP contribution in [-0.4, -0.2) is 70.6 Å². The van der Waals surface area contributed by atoms with Gasteiger partial charge in [0, 0.05) is 36.8 Å². The lowest BCUT2D eigenvalue weighted by molar-refractivity contribution is 0.0313. The molecule has 3 atom stereocenters. The number of benzene rings is 2. The number of rotatable bonds is 6. The average molecular weight is 499 g/mol. The highest BCUT2D eigenvalue weighted by molar-refractivity contribution is 5.98. The molecule has 2 amide bonds. The van der Waals surface area contributed by atoms with Crippen LogP contribution in [0.5, 0.6) is 5.88 Å². The zero-order chi connectivity index (χ0) is 26.5. The molecule has 190 valence electrons. The lowest BCUT2D eigenvalue weighted by Crippen LogP contribution is -2.50. The smallest absolute Gasteiger partial charge is 0.259 e. The Bertz CT molecular complexity index is 1300. The summed E-state index contributed by atoms with van der Waals surface area (Å²) < 4.78 is 6.31. The van der Waals surface area contributed by atoms with Crippen molar-refractivity contribution in [2.75, 3.05) is 26.7 Å². The summed E-state index contributed by atoms with van der Waals surface area (Å²) in [6.07, 6.45) is 1.20. The van der Waals surface area contributed by atoms with E-state index in [0.717, 1.165) is 5.56 Å². The van der Waals surface area contributed by atoms with Crippen LogP contribution in [0.15, 0.2) is 66.9 Å². The highest BCUT2D eigenvalue weighted by Crippen LogP contribution is 2.30. The number of nitrogens with zero attached hydrogens (tertiary/aromatic N) is 4. The number of carbonyl (C=O) groups excluding carboxylic acids is 2. The van der Waals surface area contributed by atoms with E-state index < -0.39 is 12.1 Å². The number of hydrogen-bond donors (Lipinski definition) is 1. The van der Waals surface area contributed by atoms with E-state index in [1.165, 1.54) is 0 Å². The summed E-state index contributed by atoms with van der Waals surface area (Å²) in [6.45, 7) is 4.22. The largest absolute Gasteiger partial charge is 0.472 e. The SMILES string of the molecule is C[C@@H]1CN([C@@H](C)CO)C(=O)c2cc(-c3ccc(C#N)cc3)cnc2O[C@H]1CN(C)C(=O)c1ccccc1. The molecule has 3 aromatic rings. The second kappa shape index (κ2) is 11.2. The van der Waals surface area contributed by atoms with Crippen LogP contribution in [0.4, 0.5) is 0 Å².